The van der Waals surface area contributed by atoms with Crippen LogP contribution in [0, 0.1) is 0 Å². The van der Waals surface area contributed by atoms with E-state index in [1.807, 2.05) is 6.07 Å². The summed E-state index contributed by atoms with van der Waals surface area (Å²) in [7, 11) is 2.19. The Morgan fingerprint density at radius 1 is 1.55 bits per heavy atom. The van der Waals surface area contributed by atoms with Crippen molar-refractivity contribution >= 4 is 11.6 Å². The van der Waals surface area contributed by atoms with Gasteiger partial charge in [0.2, 0.25) is 5.88 Å². The SMILES string of the molecule is CCNCc1cc(OCCC2CCCN2C)ncc1Cl. The molecule has 1 aromatic heterocycles. The Morgan fingerprint density at radius 2 is 2.40 bits per heavy atom. The molecule has 1 saturated heterocycles. The van der Waals surface area contributed by atoms with Crippen LogP contribution in [0.25, 0.3) is 0 Å². The normalized spacial score (nSPS) is 19.4. The van der Waals surface area contributed by atoms with Gasteiger partial charge in [0.05, 0.1) is 11.6 Å². The molecule has 0 radical (unpaired) electrons. The molecule has 0 amide bonds. The monoisotopic (exact) mass is 297 g/mol. The van der Waals surface area contributed by atoms with E-state index >= 15 is 0 Å². The summed E-state index contributed by atoms with van der Waals surface area (Å²) in [6, 6.07) is 2.59. The molecule has 1 fully saturated rings. The van der Waals surface area contributed by atoms with E-state index in [-0.39, 0.29) is 0 Å². The van der Waals surface area contributed by atoms with Crippen LogP contribution in [0.3, 0.4) is 0 Å². The smallest absolute Gasteiger partial charge is 0.213 e. The molecule has 20 heavy (non-hydrogen) atoms. The number of nitrogens with zero attached hydrogens (tertiary/aromatic N) is 2. The summed E-state index contributed by atoms with van der Waals surface area (Å²) in [6.07, 6.45) is 5.31. The lowest BCUT2D eigenvalue weighted by molar-refractivity contribution is 0.228. The van der Waals surface area contributed by atoms with Crippen LogP contribution in [0.1, 0.15) is 31.7 Å². The summed E-state index contributed by atoms with van der Waals surface area (Å²) >= 11 is 6.12. The lowest BCUT2D eigenvalue weighted by Gasteiger charge is -2.19. The molecule has 0 aliphatic carbocycles. The first kappa shape index (κ1) is 15.5. The van der Waals surface area contributed by atoms with Crippen molar-refractivity contribution in [2.75, 3.05) is 26.7 Å². The van der Waals surface area contributed by atoms with Gasteiger partial charge in [-0.25, -0.2) is 4.98 Å². The summed E-state index contributed by atoms with van der Waals surface area (Å²) in [6.45, 7) is 5.66. The zero-order valence-electron chi connectivity index (χ0n) is 12.4. The molecule has 1 aliphatic heterocycles. The van der Waals surface area contributed by atoms with Gasteiger partial charge < -0.3 is 15.0 Å². The van der Waals surface area contributed by atoms with Crippen LogP contribution in [-0.4, -0.2) is 42.7 Å². The molecule has 5 heteroatoms. The molecule has 1 aliphatic rings. The zero-order chi connectivity index (χ0) is 14.4. The lowest BCUT2D eigenvalue weighted by atomic mass is 10.1. The third-order valence-corrected chi connectivity index (χ3v) is 4.19. The predicted molar refractivity (Wildman–Crippen MR) is 82.4 cm³/mol. The van der Waals surface area contributed by atoms with Gasteiger partial charge in [-0.2, -0.15) is 0 Å². The van der Waals surface area contributed by atoms with E-state index in [0.29, 0.717) is 23.6 Å². The van der Waals surface area contributed by atoms with Crippen molar-refractivity contribution in [1.29, 1.82) is 0 Å². The first-order valence-corrected chi connectivity index (χ1v) is 7.76. The van der Waals surface area contributed by atoms with Crippen molar-refractivity contribution in [3.63, 3.8) is 0 Å². The first-order chi connectivity index (χ1) is 9.70. The summed E-state index contributed by atoms with van der Waals surface area (Å²) in [5.41, 5.74) is 1.04. The highest BCUT2D eigenvalue weighted by molar-refractivity contribution is 6.31. The first-order valence-electron chi connectivity index (χ1n) is 7.39. The van der Waals surface area contributed by atoms with E-state index in [4.69, 9.17) is 16.3 Å². The predicted octanol–water partition coefficient (Wildman–Crippen LogP) is 2.71. The highest BCUT2D eigenvalue weighted by Gasteiger charge is 2.20. The van der Waals surface area contributed by atoms with Crippen molar-refractivity contribution in [3.05, 3.63) is 22.8 Å². The number of ether oxygens (including phenoxy) is 1. The molecule has 2 heterocycles. The van der Waals surface area contributed by atoms with Crippen molar-refractivity contribution in [2.24, 2.45) is 0 Å². The maximum absolute atomic E-state index is 6.12. The standard InChI is InChI=1S/C15H24ClN3O/c1-3-17-10-12-9-15(18-11-14(12)16)20-8-6-13-5-4-7-19(13)2/h9,11,13,17H,3-8,10H2,1-2H3. The van der Waals surface area contributed by atoms with Gasteiger partial charge in [0.1, 0.15) is 0 Å². The van der Waals surface area contributed by atoms with Crippen molar-refractivity contribution in [3.8, 4) is 5.88 Å². The third kappa shape index (κ3) is 4.33. The van der Waals surface area contributed by atoms with Crippen molar-refractivity contribution < 1.29 is 4.74 Å². The van der Waals surface area contributed by atoms with Crippen LogP contribution in [0.4, 0.5) is 0 Å². The molecule has 1 unspecified atom stereocenters. The summed E-state index contributed by atoms with van der Waals surface area (Å²) in [4.78, 5) is 6.65. The molecular formula is C15H24ClN3O. The zero-order valence-corrected chi connectivity index (χ0v) is 13.1. The Kier molecular flexibility index (Phi) is 6.07. The molecule has 4 nitrogen and oxygen atoms in total. The maximum Gasteiger partial charge on any atom is 0.213 e. The average molecular weight is 298 g/mol. The van der Waals surface area contributed by atoms with Crippen LogP contribution in [0.5, 0.6) is 5.88 Å². The van der Waals surface area contributed by atoms with E-state index in [1.54, 1.807) is 6.20 Å². The highest BCUT2D eigenvalue weighted by atomic mass is 35.5. The van der Waals surface area contributed by atoms with Gasteiger partial charge in [-0.3, -0.25) is 0 Å². The second-order valence-electron chi connectivity index (χ2n) is 5.31. The van der Waals surface area contributed by atoms with Gasteiger partial charge in [-0.05, 0) is 45.0 Å². The number of nitrogens with one attached hydrogen (secondary N) is 1. The number of pyridine rings is 1. The van der Waals surface area contributed by atoms with E-state index < -0.39 is 0 Å². The molecule has 0 saturated carbocycles. The fourth-order valence-electron chi connectivity index (χ4n) is 2.58. The van der Waals surface area contributed by atoms with Gasteiger partial charge in [0, 0.05) is 24.8 Å². The molecule has 0 bridgehead atoms. The van der Waals surface area contributed by atoms with Crippen LogP contribution < -0.4 is 10.1 Å². The quantitative estimate of drug-likeness (QED) is 0.840. The lowest BCUT2D eigenvalue weighted by Crippen LogP contribution is -2.26. The number of rotatable bonds is 7. The van der Waals surface area contributed by atoms with Crippen LogP contribution in [-0.2, 0) is 6.54 Å². The van der Waals surface area contributed by atoms with E-state index in [1.165, 1.54) is 19.4 Å². The fraction of sp³-hybridized carbons (Fsp3) is 0.667. The van der Waals surface area contributed by atoms with Gasteiger partial charge in [-0.1, -0.05) is 18.5 Å². The number of hydrogen-bond acceptors (Lipinski definition) is 4. The second kappa shape index (κ2) is 7.81. The highest BCUT2D eigenvalue weighted by Crippen LogP contribution is 2.21. The Bertz CT molecular complexity index is 428. The summed E-state index contributed by atoms with van der Waals surface area (Å²) < 4.78 is 5.77. The van der Waals surface area contributed by atoms with Crippen LogP contribution in [0.2, 0.25) is 5.02 Å². The minimum Gasteiger partial charge on any atom is -0.478 e. The van der Waals surface area contributed by atoms with Crippen LogP contribution >= 0.6 is 11.6 Å². The second-order valence-corrected chi connectivity index (χ2v) is 5.72. The minimum absolute atomic E-state index is 0.656. The van der Waals surface area contributed by atoms with E-state index in [9.17, 15) is 0 Å². The molecule has 1 atom stereocenters. The molecule has 1 N–H and O–H groups in total. The number of likely N-dealkylation sites (tertiary alicyclic amines) is 1. The molecule has 112 valence electrons. The Balaban J connectivity index is 1.83. The fourth-order valence-corrected chi connectivity index (χ4v) is 2.75. The number of halogens is 1. The summed E-state index contributed by atoms with van der Waals surface area (Å²) in [5, 5.41) is 3.95. The third-order valence-electron chi connectivity index (χ3n) is 3.85. The molecular weight excluding hydrogens is 274 g/mol. The van der Waals surface area contributed by atoms with E-state index in [0.717, 1.165) is 25.1 Å². The van der Waals surface area contributed by atoms with Crippen LogP contribution in [0.15, 0.2) is 12.3 Å². The Labute approximate surface area is 126 Å². The molecule has 0 aromatic carbocycles. The van der Waals surface area contributed by atoms with Crippen molar-refractivity contribution in [1.82, 2.24) is 15.2 Å². The maximum atomic E-state index is 6.12. The van der Waals surface area contributed by atoms with E-state index in [2.05, 4.69) is 29.2 Å². The largest absolute Gasteiger partial charge is 0.478 e. The topological polar surface area (TPSA) is 37.4 Å². The summed E-state index contributed by atoms with van der Waals surface area (Å²) in [5.74, 6) is 0.669. The molecule has 2 rings (SSSR count). The van der Waals surface area contributed by atoms with Crippen molar-refractivity contribution in [2.45, 2.75) is 38.8 Å². The van der Waals surface area contributed by atoms with Gasteiger partial charge in [0.25, 0.3) is 0 Å². The number of aromatic nitrogens is 1. The van der Waals surface area contributed by atoms with Gasteiger partial charge >= 0.3 is 0 Å². The van der Waals surface area contributed by atoms with Gasteiger partial charge in [0.15, 0.2) is 0 Å². The number of hydrogen-bond donors (Lipinski definition) is 1. The van der Waals surface area contributed by atoms with Gasteiger partial charge in [-0.15, -0.1) is 0 Å². The average Bonchev–Trinajstić information content (AvgIpc) is 2.85. The molecule has 1 aromatic rings. The minimum atomic E-state index is 0.656. The Morgan fingerprint density at radius 3 is 3.10 bits per heavy atom. The Hall–Kier alpha value is -0.840. The molecule has 0 spiro atoms.